The van der Waals surface area contributed by atoms with E-state index in [2.05, 4.69) is 25.2 Å². The summed E-state index contributed by atoms with van der Waals surface area (Å²) in [5.41, 5.74) is 0.972. The molecular weight excluding hydrogens is 298 g/mol. The molecule has 9 heteroatoms. The van der Waals surface area contributed by atoms with Gasteiger partial charge in [-0.2, -0.15) is 5.10 Å². The Balaban J connectivity index is 1.83. The quantitative estimate of drug-likeness (QED) is 0.616. The maximum absolute atomic E-state index is 12.1. The molecule has 0 spiro atoms. The molecule has 0 aliphatic carbocycles. The molecule has 3 N–H and O–H groups in total. The highest BCUT2D eigenvalue weighted by Crippen LogP contribution is 2.19. The van der Waals surface area contributed by atoms with E-state index in [4.69, 9.17) is 0 Å². The molecular formula is C11H17N5O2S2. The zero-order valence-electron chi connectivity index (χ0n) is 11.1. The Morgan fingerprint density at radius 3 is 3.00 bits per heavy atom. The fourth-order valence-electron chi connectivity index (χ4n) is 1.68. The maximum Gasteiger partial charge on any atom is 0.250 e. The van der Waals surface area contributed by atoms with Gasteiger partial charge in [0.25, 0.3) is 0 Å². The Labute approximate surface area is 121 Å². The molecule has 0 aromatic carbocycles. The number of hydrogen-bond donors (Lipinski definition) is 3. The Morgan fingerprint density at radius 1 is 1.45 bits per heavy atom. The zero-order valence-corrected chi connectivity index (χ0v) is 12.7. The maximum atomic E-state index is 12.1. The van der Waals surface area contributed by atoms with Crippen LogP contribution in [0.5, 0.6) is 0 Å². The number of aromatic amines is 1. The van der Waals surface area contributed by atoms with Crippen molar-refractivity contribution in [2.24, 2.45) is 0 Å². The Morgan fingerprint density at radius 2 is 2.30 bits per heavy atom. The van der Waals surface area contributed by atoms with Gasteiger partial charge in [0.15, 0.2) is 0 Å². The molecule has 2 aromatic rings. The number of thiophene rings is 1. The summed E-state index contributed by atoms with van der Waals surface area (Å²) in [6.45, 7) is 1.04. The van der Waals surface area contributed by atoms with Gasteiger partial charge < -0.3 is 5.32 Å². The van der Waals surface area contributed by atoms with Crippen LogP contribution in [0.15, 0.2) is 22.0 Å². The van der Waals surface area contributed by atoms with E-state index in [0.717, 1.165) is 11.4 Å². The van der Waals surface area contributed by atoms with Crippen molar-refractivity contribution in [2.45, 2.75) is 23.6 Å². The van der Waals surface area contributed by atoms with Gasteiger partial charge in [0.1, 0.15) is 16.4 Å². The van der Waals surface area contributed by atoms with Crippen LogP contribution in [0.3, 0.4) is 0 Å². The number of nitrogens with one attached hydrogen (secondary N) is 3. The van der Waals surface area contributed by atoms with Crippen molar-refractivity contribution in [3.8, 4) is 0 Å². The first-order valence-electron chi connectivity index (χ1n) is 6.18. The fourth-order valence-corrected chi connectivity index (χ4v) is 4.00. The summed E-state index contributed by atoms with van der Waals surface area (Å²) in [7, 11) is -1.58. The third-order valence-electron chi connectivity index (χ3n) is 2.62. The number of aromatic nitrogens is 3. The normalized spacial score (nSPS) is 11.8. The Kier molecular flexibility index (Phi) is 5.24. The van der Waals surface area contributed by atoms with Crippen LogP contribution in [0, 0.1) is 0 Å². The minimum absolute atomic E-state index is 0.349. The highest BCUT2D eigenvalue weighted by molar-refractivity contribution is 7.91. The molecule has 0 bridgehead atoms. The molecule has 0 fully saturated rings. The predicted octanol–water partition coefficient (Wildman–Crippen LogP) is 0.497. The van der Waals surface area contributed by atoms with Gasteiger partial charge in [-0.05, 0) is 30.5 Å². The van der Waals surface area contributed by atoms with Gasteiger partial charge in [-0.15, -0.1) is 11.3 Å². The second-order valence-corrected chi connectivity index (χ2v) is 7.14. The molecule has 2 heterocycles. The van der Waals surface area contributed by atoms with Crippen LogP contribution in [-0.2, 0) is 23.0 Å². The lowest BCUT2D eigenvalue weighted by Crippen LogP contribution is -2.24. The molecule has 20 heavy (non-hydrogen) atoms. The summed E-state index contributed by atoms with van der Waals surface area (Å²) in [6.07, 6.45) is 2.77. The zero-order chi connectivity index (χ0) is 14.4. The molecule has 2 rings (SSSR count). The van der Waals surface area contributed by atoms with Crippen LogP contribution >= 0.6 is 11.3 Å². The molecule has 0 radical (unpaired) electrons. The standard InChI is InChI=1S/C11H17N5O2S2/c1-12-6-9-5-11(19-7-9)20(17,18)15-4-2-3-10-13-8-14-16-10/h5,7-8,12,15H,2-4,6H2,1H3,(H,13,14,16). The van der Waals surface area contributed by atoms with Crippen LogP contribution in [0.2, 0.25) is 0 Å². The van der Waals surface area contributed by atoms with Crippen LogP contribution in [0.4, 0.5) is 0 Å². The van der Waals surface area contributed by atoms with Crippen molar-refractivity contribution < 1.29 is 8.42 Å². The van der Waals surface area contributed by atoms with Crippen molar-refractivity contribution in [1.82, 2.24) is 25.2 Å². The van der Waals surface area contributed by atoms with E-state index >= 15 is 0 Å². The lowest BCUT2D eigenvalue weighted by atomic mass is 10.3. The molecule has 0 aliphatic heterocycles. The summed E-state index contributed by atoms with van der Waals surface area (Å²) in [5, 5.41) is 11.3. The average molecular weight is 315 g/mol. The van der Waals surface area contributed by atoms with Crippen molar-refractivity contribution in [1.29, 1.82) is 0 Å². The second-order valence-electron chi connectivity index (χ2n) is 4.24. The summed E-state index contributed by atoms with van der Waals surface area (Å²) in [5.74, 6) is 0.761. The minimum Gasteiger partial charge on any atom is -0.316 e. The highest BCUT2D eigenvalue weighted by atomic mass is 32.2. The largest absolute Gasteiger partial charge is 0.316 e. The van der Waals surface area contributed by atoms with Gasteiger partial charge in [-0.3, -0.25) is 5.10 Å². The smallest absolute Gasteiger partial charge is 0.250 e. The fraction of sp³-hybridized carbons (Fsp3) is 0.455. The molecule has 0 amide bonds. The van der Waals surface area contributed by atoms with Crippen molar-refractivity contribution in [2.75, 3.05) is 13.6 Å². The summed E-state index contributed by atoms with van der Waals surface area (Å²) in [6, 6.07) is 1.69. The number of nitrogens with zero attached hydrogens (tertiary/aromatic N) is 2. The monoisotopic (exact) mass is 315 g/mol. The van der Waals surface area contributed by atoms with E-state index in [-0.39, 0.29) is 0 Å². The SMILES string of the molecule is CNCc1csc(S(=O)(=O)NCCCc2ncn[nH]2)c1. The van der Waals surface area contributed by atoms with Crippen molar-refractivity contribution >= 4 is 21.4 Å². The van der Waals surface area contributed by atoms with E-state index in [0.29, 0.717) is 30.1 Å². The second kappa shape index (κ2) is 6.93. The van der Waals surface area contributed by atoms with Gasteiger partial charge in [0, 0.05) is 19.5 Å². The van der Waals surface area contributed by atoms with E-state index in [1.165, 1.54) is 17.7 Å². The Hall–Kier alpha value is -1.29. The summed E-state index contributed by atoms with van der Waals surface area (Å²) >= 11 is 1.23. The van der Waals surface area contributed by atoms with E-state index < -0.39 is 10.0 Å². The first-order chi connectivity index (χ1) is 9.62. The molecule has 0 aliphatic rings. The van der Waals surface area contributed by atoms with Crippen LogP contribution in [-0.4, -0.2) is 37.2 Å². The predicted molar refractivity (Wildman–Crippen MR) is 77.0 cm³/mol. The van der Waals surface area contributed by atoms with Crippen molar-refractivity contribution in [3.05, 3.63) is 29.2 Å². The van der Waals surface area contributed by atoms with Crippen molar-refractivity contribution in [3.63, 3.8) is 0 Å². The lowest BCUT2D eigenvalue weighted by Gasteiger charge is -2.03. The third-order valence-corrected chi connectivity index (χ3v) is 5.57. The summed E-state index contributed by atoms with van der Waals surface area (Å²) < 4.78 is 27.1. The number of hydrogen-bond acceptors (Lipinski definition) is 6. The molecule has 0 saturated heterocycles. The van der Waals surface area contributed by atoms with Crippen LogP contribution < -0.4 is 10.0 Å². The number of sulfonamides is 1. The number of H-pyrrole nitrogens is 1. The summed E-state index contributed by atoms with van der Waals surface area (Å²) in [4.78, 5) is 3.98. The van der Waals surface area contributed by atoms with Crippen LogP contribution in [0.25, 0.3) is 0 Å². The molecule has 0 saturated carbocycles. The Bertz CT molecular complexity index is 621. The van der Waals surface area contributed by atoms with Gasteiger partial charge in [0.05, 0.1) is 0 Å². The molecule has 7 nitrogen and oxygen atoms in total. The molecule has 0 atom stereocenters. The van der Waals surface area contributed by atoms with Gasteiger partial charge in [0.2, 0.25) is 10.0 Å². The highest BCUT2D eigenvalue weighted by Gasteiger charge is 2.15. The van der Waals surface area contributed by atoms with E-state index in [9.17, 15) is 8.42 Å². The van der Waals surface area contributed by atoms with E-state index in [1.54, 1.807) is 6.07 Å². The molecule has 2 aromatic heterocycles. The first kappa shape index (κ1) is 15.1. The van der Waals surface area contributed by atoms with Crippen LogP contribution in [0.1, 0.15) is 17.8 Å². The van der Waals surface area contributed by atoms with E-state index in [1.807, 2.05) is 12.4 Å². The molecule has 0 unspecified atom stereocenters. The number of rotatable bonds is 8. The first-order valence-corrected chi connectivity index (χ1v) is 8.54. The van der Waals surface area contributed by atoms with Gasteiger partial charge >= 0.3 is 0 Å². The topological polar surface area (TPSA) is 99.8 Å². The third kappa shape index (κ3) is 4.10. The van der Waals surface area contributed by atoms with Gasteiger partial charge in [-0.25, -0.2) is 18.1 Å². The average Bonchev–Trinajstić information content (AvgIpc) is 3.06. The number of aryl methyl sites for hydroxylation is 1. The lowest BCUT2D eigenvalue weighted by molar-refractivity contribution is 0.580. The molecule has 110 valence electrons. The minimum atomic E-state index is -3.40. The van der Waals surface area contributed by atoms with Gasteiger partial charge in [-0.1, -0.05) is 0 Å².